The van der Waals surface area contributed by atoms with Crippen molar-refractivity contribution in [3.8, 4) is 0 Å². The van der Waals surface area contributed by atoms with Crippen LogP contribution in [0, 0.1) is 0 Å². The van der Waals surface area contributed by atoms with Crippen LogP contribution in [0.4, 0.5) is 8.78 Å². The summed E-state index contributed by atoms with van der Waals surface area (Å²) in [5.41, 5.74) is 0. The third kappa shape index (κ3) is 2.55. The second kappa shape index (κ2) is 3.51. The summed E-state index contributed by atoms with van der Waals surface area (Å²) in [5.74, 6) is -2.50. The van der Waals surface area contributed by atoms with Crippen molar-refractivity contribution in [3.05, 3.63) is 0 Å². The minimum atomic E-state index is -2.50. The van der Waals surface area contributed by atoms with Gasteiger partial charge in [0.25, 0.3) is 0 Å². The first-order valence-corrected chi connectivity index (χ1v) is 4.30. The number of halogens is 2. The van der Waals surface area contributed by atoms with Crippen molar-refractivity contribution in [1.29, 1.82) is 0 Å². The Morgan fingerprint density at radius 2 is 2.25 bits per heavy atom. The standard InChI is InChI=1S/C7H12F2N2S/c1-10-6(12)11-5-2-3-7(8,9)4-5/h5H,2-4H2,1H3,(H2,10,11,12). The van der Waals surface area contributed by atoms with Crippen LogP contribution >= 0.6 is 12.2 Å². The molecular weight excluding hydrogens is 182 g/mol. The van der Waals surface area contributed by atoms with Gasteiger partial charge in [-0.3, -0.25) is 0 Å². The molecule has 0 heterocycles. The van der Waals surface area contributed by atoms with Crippen molar-refractivity contribution in [2.45, 2.75) is 31.2 Å². The lowest BCUT2D eigenvalue weighted by molar-refractivity contribution is 0.00748. The fourth-order valence-corrected chi connectivity index (χ4v) is 1.50. The number of rotatable bonds is 1. The second-order valence-electron chi connectivity index (χ2n) is 3.02. The van der Waals surface area contributed by atoms with Crippen LogP contribution in [0.25, 0.3) is 0 Å². The molecule has 1 aliphatic rings. The topological polar surface area (TPSA) is 24.1 Å². The highest BCUT2D eigenvalue weighted by atomic mass is 32.1. The summed E-state index contributed by atoms with van der Waals surface area (Å²) in [4.78, 5) is 0. The molecule has 5 heteroatoms. The van der Waals surface area contributed by atoms with Crippen molar-refractivity contribution in [2.75, 3.05) is 7.05 Å². The summed E-state index contributed by atoms with van der Waals surface area (Å²) in [6.45, 7) is 0. The van der Waals surface area contributed by atoms with Crippen molar-refractivity contribution < 1.29 is 8.78 Å². The molecule has 1 aliphatic carbocycles. The lowest BCUT2D eigenvalue weighted by Crippen LogP contribution is -2.39. The Morgan fingerprint density at radius 1 is 1.58 bits per heavy atom. The van der Waals surface area contributed by atoms with E-state index in [4.69, 9.17) is 12.2 Å². The summed E-state index contributed by atoms with van der Waals surface area (Å²) in [5, 5.41) is 5.96. The molecule has 1 rings (SSSR count). The summed E-state index contributed by atoms with van der Waals surface area (Å²) in [6, 6.07) is -0.167. The number of alkyl halides is 2. The van der Waals surface area contributed by atoms with E-state index in [0.29, 0.717) is 11.5 Å². The molecule has 0 aliphatic heterocycles. The fourth-order valence-electron chi connectivity index (χ4n) is 1.33. The van der Waals surface area contributed by atoms with Gasteiger partial charge in [0.15, 0.2) is 5.11 Å². The van der Waals surface area contributed by atoms with Gasteiger partial charge in [0.2, 0.25) is 5.92 Å². The third-order valence-electron chi connectivity index (χ3n) is 1.97. The minimum absolute atomic E-state index is 0.0308. The molecule has 2 nitrogen and oxygen atoms in total. The maximum Gasteiger partial charge on any atom is 0.250 e. The summed E-state index contributed by atoms with van der Waals surface area (Å²) < 4.78 is 25.3. The predicted octanol–water partition coefficient (Wildman–Crippen LogP) is 1.27. The molecule has 70 valence electrons. The van der Waals surface area contributed by atoms with Gasteiger partial charge in [-0.25, -0.2) is 8.78 Å². The minimum Gasteiger partial charge on any atom is -0.366 e. The van der Waals surface area contributed by atoms with E-state index in [2.05, 4.69) is 10.6 Å². The summed E-state index contributed by atoms with van der Waals surface area (Å²) in [7, 11) is 1.67. The first-order valence-electron chi connectivity index (χ1n) is 3.89. The lowest BCUT2D eigenvalue weighted by atomic mass is 10.2. The largest absolute Gasteiger partial charge is 0.366 e. The molecule has 0 radical (unpaired) electrons. The molecule has 1 atom stereocenters. The van der Waals surface area contributed by atoms with Crippen LogP contribution in [0.2, 0.25) is 0 Å². The first kappa shape index (κ1) is 9.64. The number of thiocarbonyl (C=S) groups is 1. The Hall–Kier alpha value is -0.450. The smallest absolute Gasteiger partial charge is 0.250 e. The molecule has 1 saturated carbocycles. The van der Waals surface area contributed by atoms with Crippen molar-refractivity contribution >= 4 is 17.3 Å². The molecular formula is C7H12F2N2S. The van der Waals surface area contributed by atoms with Crippen LogP contribution < -0.4 is 10.6 Å². The van der Waals surface area contributed by atoms with Gasteiger partial charge < -0.3 is 10.6 Å². The van der Waals surface area contributed by atoms with E-state index in [9.17, 15) is 8.78 Å². The zero-order valence-electron chi connectivity index (χ0n) is 6.86. The van der Waals surface area contributed by atoms with Crippen LogP contribution in [0.5, 0.6) is 0 Å². The van der Waals surface area contributed by atoms with E-state index in [1.165, 1.54) is 0 Å². The van der Waals surface area contributed by atoms with E-state index in [1.807, 2.05) is 0 Å². The van der Waals surface area contributed by atoms with Crippen LogP contribution in [-0.2, 0) is 0 Å². The second-order valence-corrected chi connectivity index (χ2v) is 3.43. The quantitative estimate of drug-likeness (QED) is 0.615. The van der Waals surface area contributed by atoms with Crippen molar-refractivity contribution in [1.82, 2.24) is 10.6 Å². The average molecular weight is 194 g/mol. The van der Waals surface area contributed by atoms with E-state index < -0.39 is 5.92 Å². The van der Waals surface area contributed by atoms with Crippen LogP contribution in [0.3, 0.4) is 0 Å². The highest BCUT2D eigenvalue weighted by Crippen LogP contribution is 2.34. The molecule has 2 N–H and O–H groups in total. The van der Waals surface area contributed by atoms with E-state index >= 15 is 0 Å². The molecule has 12 heavy (non-hydrogen) atoms. The van der Waals surface area contributed by atoms with Gasteiger partial charge >= 0.3 is 0 Å². The van der Waals surface area contributed by atoms with Crippen LogP contribution in [-0.4, -0.2) is 24.1 Å². The Labute approximate surface area is 75.7 Å². The van der Waals surface area contributed by atoms with E-state index in [0.717, 1.165) is 0 Å². The Morgan fingerprint density at radius 3 is 2.67 bits per heavy atom. The van der Waals surface area contributed by atoms with Gasteiger partial charge in [0.05, 0.1) is 0 Å². The molecule has 0 bridgehead atoms. The Balaban J connectivity index is 2.33. The zero-order chi connectivity index (χ0) is 9.19. The van der Waals surface area contributed by atoms with Crippen molar-refractivity contribution in [2.24, 2.45) is 0 Å². The summed E-state index contributed by atoms with van der Waals surface area (Å²) >= 11 is 4.80. The number of hydrogen-bond donors (Lipinski definition) is 2. The number of hydrogen-bond acceptors (Lipinski definition) is 1. The summed E-state index contributed by atoms with van der Waals surface area (Å²) in [6.07, 6.45) is 0.362. The first-order chi connectivity index (χ1) is 5.53. The van der Waals surface area contributed by atoms with Gasteiger partial charge in [-0.05, 0) is 18.6 Å². The maximum absolute atomic E-state index is 12.6. The van der Waals surface area contributed by atoms with Gasteiger partial charge in [0.1, 0.15) is 0 Å². The SMILES string of the molecule is CNC(=S)NC1CCC(F)(F)C1. The van der Waals surface area contributed by atoms with Crippen LogP contribution in [0.15, 0.2) is 0 Å². The van der Waals surface area contributed by atoms with Gasteiger partial charge in [0, 0.05) is 25.9 Å². The molecule has 0 aromatic rings. The maximum atomic E-state index is 12.6. The average Bonchev–Trinajstić information content (AvgIpc) is 2.30. The fraction of sp³-hybridized carbons (Fsp3) is 0.857. The van der Waals surface area contributed by atoms with Gasteiger partial charge in [-0.1, -0.05) is 0 Å². The van der Waals surface area contributed by atoms with Gasteiger partial charge in [-0.15, -0.1) is 0 Å². The third-order valence-corrected chi connectivity index (χ3v) is 2.29. The van der Waals surface area contributed by atoms with Crippen molar-refractivity contribution in [3.63, 3.8) is 0 Å². The molecule has 0 aromatic carbocycles. The molecule has 0 amide bonds. The van der Waals surface area contributed by atoms with E-state index in [1.54, 1.807) is 7.05 Å². The normalized spacial score (nSPS) is 26.8. The highest BCUT2D eigenvalue weighted by Gasteiger charge is 2.39. The molecule has 0 spiro atoms. The predicted molar refractivity (Wildman–Crippen MR) is 47.4 cm³/mol. The monoisotopic (exact) mass is 194 g/mol. The molecule has 1 unspecified atom stereocenters. The Bertz CT molecular complexity index is 184. The number of nitrogens with one attached hydrogen (secondary N) is 2. The zero-order valence-corrected chi connectivity index (χ0v) is 7.68. The molecule has 1 fully saturated rings. The van der Waals surface area contributed by atoms with E-state index in [-0.39, 0.29) is 18.9 Å². The van der Waals surface area contributed by atoms with Crippen LogP contribution in [0.1, 0.15) is 19.3 Å². The van der Waals surface area contributed by atoms with Gasteiger partial charge in [-0.2, -0.15) is 0 Å². The highest BCUT2D eigenvalue weighted by molar-refractivity contribution is 7.80. The molecule has 0 saturated heterocycles. The Kier molecular flexibility index (Phi) is 2.82. The lowest BCUT2D eigenvalue weighted by Gasteiger charge is -2.14. The molecule has 0 aromatic heterocycles.